The number of nitrogens with two attached hydrogens (primary N) is 1. The highest BCUT2D eigenvalue weighted by Crippen LogP contribution is 1.79. The summed E-state index contributed by atoms with van der Waals surface area (Å²) in [5, 5.41) is 2.51. The largest absolute Gasteiger partial charge is 0.352 e. The number of rotatable bonds is 4. The maximum atomic E-state index is 10.1. The summed E-state index contributed by atoms with van der Waals surface area (Å²) in [5.41, 5.74) is 4.85. The van der Waals surface area contributed by atoms with Crippen molar-refractivity contribution in [3.8, 4) is 0 Å². The fourth-order valence-electron chi connectivity index (χ4n) is 0.607. The van der Waals surface area contributed by atoms with Gasteiger partial charge < -0.3 is 16.0 Å². The number of amides is 2. The summed E-state index contributed by atoms with van der Waals surface area (Å²) in [5.74, 6) is 0. The minimum Gasteiger partial charge on any atom is -0.352 e. The molecule has 0 atom stereocenters. The Kier molecular flexibility index (Phi) is 16.0. The lowest BCUT2D eigenvalue weighted by Crippen LogP contribution is -2.31. The average Bonchev–Trinajstić information content (AvgIpc) is 1.79. The number of nitrogens with zero attached hydrogens (tertiary/aromatic N) is 1. The van der Waals surface area contributed by atoms with Crippen LogP contribution in [0.2, 0.25) is 0 Å². The SMILES string of the molecule is CN(C)CCCNC(N)=O.Cl.Cl. The molecule has 3 N–H and O–H groups in total. The number of hydrogen-bond acceptors (Lipinski definition) is 2. The van der Waals surface area contributed by atoms with Gasteiger partial charge in [-0.25, -0.2) is 4.79 Å². The highest BCUT2D eigenvalue weighted by molar-refractivity contribution is 5.85. The molecule has 2 amide bonds. The second-order valence-electron chi connectivity index (χ2n) is 2.45. The Hall–Kier alpha value is -0.190. The maximum Gasteiger partial charge on any atom is 0.312 e. The van der Waals surface area contributed by atoms with Crippen molar-refractivity contribution in [2.24, 2.45) is 5.73 Å². The molecule has 4 nitrogen and oxygen atoms in total. The Morgan fingerprint density at radius 3 is 2.25 bits per heavy atom. The molecule has 0 heterocycles. The van der Waals surface area contributed by atoms with E-state index in [1.165, 1.54) is 0 Å². The summed E-state index contributed by atoms with van der Waals surface area (Å²) in [4.78, 5) is 12.2. The molecule has 0 bridgehead atoms. The van der Waals surface area contributed by atoms with Crippen LogP contribution < -0.4 is 11.1 Å². The molecular formula is C6H17Cl2N3O. The molecule has 0 aromatic rings. The van der Waals surface area contributed by atoms with Crippen molar-refractivity contribution in [2.75, 3.05) is 27.2 Å². The van der Waals surface area contributed by atoms with Crippen LogP contribution in [0.1, 0.15) is 6.42 Å². The Morgan fingerprint density at radius 1 is 1.42 bits per heavy atom. The lowest BCUT2D eigenvalue weighted by Gasteiger charge is -2.08. The summed E-state index contributed by atoms with van der Waals surface area (Å²) >= 11 is 0. The molecular weight excluding hydrogens is 201 g/mol. The number of primary amides is 1. The monoisotopic (exact) mass is 217 g/mol. The first-order valence-electron chi connectivity index (χ1n) is 3.31. The van der Waals surface area contributed by atoms with Crippen LogP contribution in [0.3, 0.4) is 0 Å². The van der Waals surface area contributed by atoms with Gasteiger partial charge in [-0.05, 0) is 27.1 Å². The highest BCUT2D eigenvalue weighted by atomic mass is 35.5. The van der Waals surface area contributed by atoms with E-state index in [0.717, 1.165) is 13.0 Å². The standard InChI is InChI=1S/C6H15N3O.2ClH/c1-9(2)5-3-4-8-6(7)10;;/h3-5H2,1-2H3,(H3,7,8,10);2*1H. The van der Waals surface area contributed by atoms with Crippen molar-refractivity contribution in [3.63, 3.8) is 0 Å². The minimum absolute atomic E-state index is 0. The summed E-state index contributed by atoms with van der Waals surface area (Å²) < 4.78 is 0. The first-order chi connectivity index (χ1) is 4.63. The minimum atomic E-state index is -0.446. The fourth-order valence-corrected chi connectivity index (χ4v) is 0.607. The van der Waals surface area contributed by atoms with Crippen LogP contribution in [-0.4, -0.2) is 38.1 Å². The molecule has 0 saturated heterocycles. The summed E-state index contributed by atoms with van der Waals surface area (Å²) in [6, 6.07) is -0.446. The van der Waals surface area contributed by atoms with Crippen LogP contribution in [0.25, 0.3) is 0 Å². The molecule has 12 heavy (non-hydrogen) atoms. The number of hydrogen-bond donors (Lipinski definition) is 2. The lowest BCUT2D eigenvalue weighted by molar-refractivity contribution is 0.248. The zero-order valence-corrected chi connectivity index (χ0v) is 9.00. The van der Waals surface area contributed by atoms with Gasteiger partial charge in [-0.3, -0.25) is 0 Å². The predicted octanol–water partition coefficient (Wildman–Crippen LogP) is 0.450. The van der Waals surface area contributed by atoms with Crippen LogP contribution in [0.4, 0.5) is 4.79 Å². The molecule has 0 saturated carbocycles. The van der Waals surface area contributed by atoms with Gasteiger partial charge in [0.25, 0.3) is 0 Å². The Labute approximate surface area is 85.7 Å². The van der Waals surface area contributed by atoms with Gasteiger partial charge in [0.15, 0.2) is 0 Å². The van der Waals surface area contributed by atoms with E-state index in [2.05, 4.69) is 10.2 Å². The second-order valence-corrected chi connectivity index (χ2v) is 2.45. The van der Waals surface area contributed by atoms with E-state index in [0.29, 0.717) is 6.54 Å². The van der Waals surface area contributed by atoms with Gasteiger partial charge in [0.05, 0.1) is 0 Å². The van der Waals surface area contributed by atoms with Crippen LogP contribution in [0.5, 0.6) is 0 Å². The van der Waals surface area contributed by atoms with Crippen molar-refractivity contribution in [1.29, 1.82) is 0 Å². The van der Waals surface area contributed by atoms with Crippen molar-refractivity contribution >= 4 is 30.8 Å². The predicted molar refractivity (Wildman–Crippen MR) is 55.3 cm³/mol. The van der Waals surface area contributed by atoms with E-state index in [9.17, 15) is 4.79 Å². The van der Waals surface area contributed by atoms with E-state index in [4.69, 9.17) is 5.73 Å². The third-order valence-electron chi connectivity index (χ3n) is 1.08. The molecule has 0 aliphatic heterocycles. The molecule has 0 aliphatic rings. The van der Waals surface area contributed by atoms with Gasteiger partial charge in [-0.15, -0.1) is 24.8 Å². The zero-order valence-electron chi connectivity index (χ0n) is 7.37. The molecule has 0 spiro atoms. The third kappa shape index (κ3) is 16.4. The third-order valence-corrected chi connectivity index (χ3v) is 1.08. The van der Waals surface area contributed by atoms with Gasteiger partial charge >= 0.3 is 6.03 Å². The number of urea groups is 1. The van der Waals surface area contributed by atoms with E-state index < -0.39 is 6.03 Å². The van der Waals surface area contributed by atoms with Crippen molar-refractivity contribution < 1.29 is 4.79 Å². The molecule has 0 fully saturated rings. The smallest absolute Gasteiger partial charge is 0.312 e. The Balaban J connectivity index is -0.000000405. The van der Waals surface area contributed by atoms with Gasteiger partial charge in [0, 0.05) is 6.54 Å². The van der Waals surface area contributed by atoms with Crippen molar-refractivity contribution in [3.05, 3.63) is 0 Å². The number of carbonyl (C=O) groups excluding carboxylic acids is 1. The molecule has 6 heteroatoms. The number of nitrogens with one attached hydrogen (secondary N) is 1. The molecule has 0 aromatic carbocycles. The summed E-state index contributed by atoms with van der Waals surface area (Å²) in [6.07, 6.45) is 0.940. The Bertz CT molecular complexity index is 111. The quantitative estimate of drug-likeness (QED) is 0.673. The fraction of sp³-hybridized carbons (Fsp3) is 0.833. The van der Waals surface area contributed by atoms with E-state index in [1.807, 2.05) is 14.1 Å². The van der Waals surface area contributed by atoms with Crippen molar-refractivity contribution in [1.82, 2.24) is 10.2 Å². The molecule has 0 aliphatic carbocycles. The summed E-state index contributed by atoms with van der Waals surface area (Å²) in [6.45, 7) is 1.63. The topological polar surface area (TPSA) is 58.4 Å². The van der Waals surface area contributed by atoms with Crippen LogP contribution in [0, 0.1) is 0 Å². The number of halogens is 2. The van der Waals surface area contributed by atoms with Gasteiger partial charge in [0.2, 0.25) is 0 Å². The van der Waals surface area contributed by atoms with E-state index in [-0.39, 0.29) is 24.8 Å². The molecule has 76 valence electrons. The second kappa shape index (κ2) is 10.8. The average molecular weight is 218 g/mol. The maximum absolute atomic E-state index is 10.1. The van der Waals surface area contributed by atoms with Crippen LogP contribution in [0.15, 0.2) is 0 Å². The van der Waals surface area contributed by atoms with Crippen LogP contribution >= 0.6 is 24.8 Å². The Morgan fingerprint density at radius 2 is 1.92 bits per heavy atom. The first kappa shape index (κ1) is 17.8. The van der Waals surface area contributed by atoms with Crippen LogP contribution in [-0.2, 0) is 0 Å². The summed E-state index contributed by atoms with van der Waals surface area (Å²) in [7, 11) is 3.98. The van der Waals surface area contributed by atoms with E-state index in [1.54, 1.807) is 0 Å². The van der Waals surface area contributed by atoms with Gasteiger partial charge in [-0.1, -0.05) is 0 Å². The first-order valence-corrected chi connectivity index (χ1v) is 3.31. The van der Waals surface area contributed by atoms with E-state index >= 15 is 0 Å². The van der Waals surface area contributed by atoms with Gasteiger partial charge in [0.1, 0.15) is 0 Å². The molecule has 0 unspecified atom stereocenters. The molecule has 0 rings (SSSR count). The zero-order chi connectivity index (χ0) is 7.98. The normalized spacial score (nSPS) is 8.25. The highest BCUT2D eigenvalue weighted by Gasteiger charge is 1.91. The van der Waals surface area contributed by atoms with Gasteiger partial charge in [-0.2, -0.15) is 0 Å². The molecule has 0 radical (unpaired) electrons. The number of carbonyl (C=O) groups is 1. The van der Waals surface area contributed by atoms with Crippen molar-refractivity contribution in [2.45, 2.75) is 6.42 Å². The lowest BCUT2D eigenvalue weighted by atomic mass is 10.4. The molecule has 0 aromatic heterocycles.